The minimum Gasteiger partial charge on any atom is -0.497 e. The molecule has 1 aliphatic heterocycles. The molecule has 0 bridgehead atoms. The van der Waals surface area contributed by atoms with Gasteiger partial charge in [-0.2, -0.15) is 5.01 Å². The van der Waals surface area contributed by atoms with Gasteiger partial charge >= 0.3 is 0 Å². The summed E-state index contributed by atoms with van der Waals surface area (Å²) in [4.78, 5) is 28.7. The zero-order valence-electron chi connectivity index (χ0n) is 21.8. The average molecular weight is 579 g/mol. The molecule has 0 radical (unpaired) electrons. The van der Waals surface area contributed by atoms with E-state index in [0.717, 1.165) is 16.1 Å². The predicted molar refractivity (Wildman–Crippen MR) is 155 cm³/mol. The Balaban J connectivity index is 1.68. The molecule has 0 aromatic heterocycles. The van der Waals surface area contributed by atoms with Gasteiger partial charge in [-0.05, 0) is 65.6 Å². The van der Waals surface area contributed by atoms with Crippen LogP contribution in [0.3, 0.4) is 0 Å². The van der Waals surface area contributed by atoms with Crippen LogP contribution in [0.1, 0.15) is 23.5 Å². The molecule has 1 aliphatic carbocycles. The van der Waals surface area contributed by atoms with Gasteiger partial charge in [0, 0.05) is 10.9 Å². The van der Waals surface area contributed by atoms with Gasteiger partial charge in [-0.3, -0.25) is 15.0 Å². The number of anilines is 1. The molecule has 5 rings (SSSR count). The second-order valence-electron chi connectivity index (χ2n) is 9.58. The Bertz CT molecular complexity index is 1470. The second-order valence-corrected chi connectivity index (χ2v) is 10.4. The highest BCUT2D eigenvalue weighted by Crippen LogP contribution is 2.57. The monoisotopic (exact) mass is 578 g/mol. The zero-order valence-corrected chi connectivity index (χ0v) is 23.3. The number of aliphatic hydroxyl groups excluding tert-OH is 1. The molecule has 9 heteroatoms. The summed E-state index contributed by atoms with van der Waals surface area (Å²) in [6, 6.07) is 19.4. The van der Waals surface area contributed by atoms with Crippen molar-refractivity contribution in [3.8, 4) is 11.5 Å². The summed E-state index contributed by atoms with van der Waals surface area (Å²) in [6.07, 6.45) is 4.06. The Kier molecular flexibility index (Phi) is 7.90. The van der Waals surface area contributed by atoms with Gasteiger partial charge in [0.05, 0.1) is 35.8 Å². The van der Waals surface area contributed by atoms with E-state index in [1.807, 2.05) is 30.3 Å². The number of allylic oxidation sites excluding steroid dienone is 3. The molecule has 3 aromatic carbocycles. The quantitative estimate of drug-likeness (QED) is 0.306. The Labute approximate surface area is 242 Å². The van der Waals surface area contributed by atoms with E-state index >= 15 is 0 Å². The van der Waals surface area contributed by atoms with Gasteiger partial charge in [-0.15, -0.1) is 0 Å². The Morgan fingerprint density at radius 2 is 1.77 bits per heavy atom. The van der Waals surface area contributed by atoms with Crippen LogP contribution in [0.5, 0.6) is 11.5 Å². The van der Waals surface area contributed by atoms with Crippen LogP contribution in [0.2, 0.25) is 10.0 Å². The number of aliphatic hydroxyl groups is 1. The Morgan fingerprint density at radius 1 is 1.07 bits per heavy atom. The predicted octanol–water partition coefficient (Wildman–Crippen LogP) is 5.92. The number of nitrogens with zero attached hydrogens (tertiary/aromatic N) is 1. The largest absolute Gasteiger partial charge is 0.497 e. The third-order valence-corrected chi connectivity index (χ3v) is 8.09. The molecular formula is C31H28Cl2N2O5. The van der Waals surface area contributed by atoms with Gasteiger partial charge in [0.1, 0.15) is 18.1 Å². The fourth-order valence-corrected chi connectivity index (χ4v) is 6.22. The Morgan fingerprint density at radius 3 is 2.40 bits per heavy atom. The van der Waals surface area contributed by atoms with Crippen LogP contribution in [-0.4, -0.2) is 42.3 Å². The topological polar surface area (TPSA) is 88.1 Å². The van der Waals surface area contributed by atoms with Crippen molar-refractivity contribution >= 4 is 40.7 Å². The molecule has 206 valence electrons. The van der Waals surface area contributed by atoms with Crippen molar-refractivity contribution in [3.63, 3.8) is 0 Å². The molecule has 3 atom stereocenters. The molecule has 1 saturated heterocycles. The standard InChI is InChI=1S/C31H28Cl2N2O5/c1-3-19-6-14-25-29(37)35(34-27-15-9-22(32)18-26(27)33)30(38)31(25,21-7-12-23(39-2)13-8-21)28(19)20-4-10-24(11-5-20)40-17-16-36/h3-13,15,18,25,28,34,36H,1,14,16-17H2,2H3/t25-,28+,31+/m0/s1. The van der Waals surface area contributed by atoms with E-state index < -0.39 is 23.2 Å². The molecular weight excluding hydrogens is 551 g/mol. The molecule has 0 spiro atoms. The number of rotatable bonds is 9. The van der Waals surface area contributed by atoms with Crippen LogP contribution in [0, 0.1) is 5.92 Å². The number of ether oxygens (including phenoxy) is 2. The minimum atomic E-state index is -1.29. The van der Waals surface area contributed by atoms with E-state index in [2.05, 4.69) is 12.0 Å². The van der Waals surface area contributed by atoms with Crippen molar-refractivity contribution < 1.29 is 24.2 Å². The molecule has 2 aliphatic rings. The summed E-state index contributed by atoms with van der Waals surface area (Å²) in [5.41, 5.74) is 4.40. The van der Waals surface area contributed by atoms with Gasteiger partial charge in [-0.1, -0.05) is 66.2 Å². The first kappa shape index (κ1) is 27.8. The summed E-state index contributed by atoms with van der Waals surface area (Å²) in [5, 5.41) is 10.9. The number of imide groups is 1. The summed E-state index contributed by atoms with van der Waals surface area (Å²) >= 11 is 12.5. The fourth-order valence-electron chi connectivity index (χ4n) is 5.77. The number of amides is 2. The van der Waals surface area contributed by atoms with E-state index in [1.165, 1.54) is 0 Å². The lowest BCUT2D eigenvalue weighted by atomic mass is 9.56. The number of hydrogen-bond donors (Lipinski definition) is 2. The van der Waals surface area contributed by atoms with Crippen LogP contribution in [0.4, 0.5) is 5.69 Å². The van der Waals surface area contributed by atoms with Crippen molar-refractivity contribution in [2.45, 2.75) is 17.8 Å². The van der Waals surface area contributed by atoms with Crippen LogP contribution < -0.4 is 14.9 Å². The molecule has 2 amide bonds. The van der Waals surface area contributed by atoms with Crippen molar-refractivity contribution in [3.05, 3.63) is 112 Å². The fraction of sp³-hybridized carbons (Fsp3) is 0.226. The zero-order chi connectivity index (χ0) is 28.4. The minimum absolute atomic E-state index is 0.104. The number of hydrazine groups is 1. The maximum absolute atomic E-state index is 14.7. The first-order valence-electron chi connectivity index (χ1n) is 12.8. The molecule has 1 heterocycles. The maximum atomic E-state index is 14.7. The summed E-state index contributed by atoms with van der Waals surface area (Å²) in [6.45, 7) is 4.10. The molecule has 1 fully saturated rings. The number of nitrogens with one attached hydrogen (secondary N) is 1. The lowest BCUT2D eigenvalue weighted by Crippen LogP contribution is -2.48. The van der Waals surface area contributed by atoms with E-state index in [0.29, 0.717) is 34.2 Å². The van der Waals surface area contributed by atoms with E-state index in [4.69, 9.17) is 37.8 Å². The molecule has 0 unspecified atom stereocenters. The summed E-state index contributed by atoms with van der Waals surface area (Å²) < 4.78 is 10.9. The number of benzene rings is 3. The van der Waals surface area contributed by atoms with E-state index in [1.54, 1.807) is 55.7 Å². The number of hydrogen-bond acceptors (Lipinski definition) is 6. The second kappa shape index (κ2) is 11.4. The normalized spacial score (nSPS) is 22.0. The van der Waals surface area contributed by atoms with Gasteiger partial charge in [0.25, 0.3) is 11.8 Å². The highest BCUT2D eigenvalue weighted by Gasteiger charge is 2.65. The SMILES string of the molecule is C=CC1=CC[C@H]2C(=O)N(Nc3ccc(Cl)cc3Cl)C(=O)[C@@]2(c2ccc(OC)cc2)[C@H]1c1ccc(OCCO)cc1. The summed E-state index contributed by atoms with van der Waals surface area (Å²) in [5.74, 6) is -0.786. The Hall–Kier alpha value is -3.78. The molecule has 40 heavy (non-hydrogen) atoms. The molecule has 3 aromatic rings. The van der Waals surface area contributed by atoms with E-state index in [-0.39, 0.29) is 24.1 Å². The van der Waals surface area contributed by atoms with Gasteiger partial charge in [0.2, 0.25) is 0 Å². The average Bonchev–Trinajstić information content (AvgIpc) is 3.19. The molecule has 7 nitrogen and oxygen atoms in total. The van der Waals surface area contributed by atoms with Crippen molar-refractivity contribution in [2.75, 3.05) is 25.7 Å². The van der Waals surface area contributed by atoms with Crippen LogP contribution in [0.15, 0.2) is 91.0 Å². The number of carbonyl (C=O) groups is 2. The van der Waals surface area contributed by atoms with Crippen LogP contribution in [-0.2, 0) is 15.0 Å². The van der Waals surface area contributed by atoms with Crippen molar-refractivity contribution in [1.29, 1.82) is 0 Å². The first-order chi connectivity index (χ1) is 19.3. The van der Waals surface area contributed by atoms with Crippen LogP contribution in [0.25, 0.3) is 0 Å². The third-order valence-electron chi connectivity index (χ3n) is 7.54. The lowest BCUT2D eigenvalue weighted by molar-refractivity contribution is -0.138. The van der Waals surface area contributed by atoms with Crippen LogP contribution >= 0.6 is 23.2 Å². The van der Waals surface area contributed by atoms with Gasteiger partial charge < -0.3 is 14.6 Å². The summed E-state index contributed by atoms with van der Waals surface area (Å²) in [7, 11) is 1.57. The highest BCUT2D eigenvalue weighted by molar-refractivity contribution is 6.36. The molecule has 0 saturated carbocycles. The van der Waals surface area contributed by atoms with Crippen molar-refractivity contribution in [2.24, 2.45) is 5.92 Å². The third kappa shape index (κ3) is 4.64. The van der Waals surface area contributed by atoms with E-state index in [9.17, 15) is 9.59 Å². The molecule has 2 N–H and O–H groups in total. The highest BCUT2D eigenvalue weighted by atomic mass is 35.5. The maximum Gasteiger partial charge on any atom is 0.260 e. The number of halogens is 2. The van der Waals surface area contributed by atoms with Gasteiger partial charge in [-0.25, -0.2) is 0 Å². The lowest BCUT2D eigenvalue weighted by Gasteiger charge is -2.43. The van der Waals surface area contributed by atoms with Crippen molar-refractivity contribution in [1.82, 2.24) is 5.01 Å². The first-order valence-corrected chi connectivity index (χ1v) is 13.5. The number of fused-ring (bicyclic) bond motifs is 1. The number of carbonyl (C=O) groups excluding carboxylic acids is 2. The number of methoxy groups -OCH3 is 1. The van der Waals surface area contributed by atoms with Gasteiger partial charge in [0.15, 0.2) is 0 Å². The smallest absolute Gasteiger partial charge is 0.260 e.